The van der Waals surface area contributed by atoms with Crippen molar-refractivity contribution in [1.82, 2.24) is 4.90 Å². The van der Waals surface area contributed by atoms with Crippen molar-refractivity contribution in [1.29, 1.82) is 0 Å². The molecule has 3 heteroatoms. The molecule has 2 fully saturated rings. The number of fused-ring (bicyclic) bond motifs is 1. The summed E-state index contributed by atoms with van der Waals surface area (Å²) in [4.78, 5) is 2.45. The molecule has 0 aromatic carbocycles. The second-order valence-corrected chi connectivity index (χ2v) is 6.49. The van der Waals surface area contributed by atoms with Crippen LogP contribution < -0.4 is 0 Å². The summed E-state index contributed by atoms with van der Waals surface area (Å²) >= 11 is 4.64. The van der Waals surface area contributed by atoms with Gasteiger partial charge in [0.1, 0.15) is 0 Å². The van der Waals surface area contributed by atoms with Gasteiger partial charge >= 0.3 is 0 Å². The SMILES string of the molecule is [B]C1(C)CC2CC(S)N(C)C2CCC1C. The Morgan fingerprint density at radius 3 is 2.73 bits per heavy atom. The van der Waals surface area contributed by atoms with E-state index in [0.717, 1.165) is 12.0 Å². The lowest BCUT2D eigenvalue weighted by molar-refractivity contribution is 0.247. The van der Waals surface area contributed by atoms with Crippen LogP contribution in [0.1, 0.15) is 39.5 Å². The lowest BCUT2D eigenvalue weighted by Gasteiger charge is -2.32. The molecule has 84 valence electrons. The minimum Gasteiger partial charge on any atom is -0.291 e. The lowest BCUT2D eigenvalue weighted by Crippen LogP contribution is -2.31. The minimum atomic E-state index is 0.0259. The first-order valence-electron chi connectivity index (χ1n) is 6.10. The van der Waals surface area contributed by atoms with Crippen LogP contribution in [0.2, 0.25) is 5.31 Å². The molecule has 1 nitrogen and oxygen atoms in total. The average Bonchev–Trinajstić information content (AvgIpc) is 2.32. The summed E-state index contributed by atoms with van der Waals surface area (Å²) in [6, 6.07) is 0.723. The molecule has 1 saturated heterocycles. The molecular weight excluding hydrogens is 201 g/mol. The number of thiol groups is 1. The van der Waals surface area contributed by atoms with Crippen molar-refractivity contribution in [2.75, 3.05) is 7.05 Å². The summed E-state index contributed by atoms with van der Waals surface area (Å²) in [6.45, 7) is 4.53. The maximum absolute atomic E-state index is 6.42. The fraction of sp³-hybridized carbons (Fsp3) is 1.00. The van der Waals surface area contributed by atoms with E-state index in [2.05, 4.69) is 38.4 Å². The third-order valence-electron chi connectivity index (χ3n) is 4.77. The van der Waals surface area contributed by atoms with Crippen LogP contribution in [0.4, 0.5) is 0 Å². The van der Waals surface area contributed by atoms with Crippen molar-refractivity contribution in [3.8, 4) is 0 Å². The molecule has 1 saturated carbocycles. The highest BCUT2D eigenvalue weighted by molar-refractivity contribution is 7.80. The van der Waals surface area contributed by atoms with Crippen LogP contribution in [-0.4, -0.2) is 31.2 Å². The number of hydrogen-bond acceptors (Lipinski definition) is 2. The Bertz CT molecular complexity index is 244. The van der Waals surface area contributed by atoms with Crippen molar-refractivity contribution in [2.45, 2.75) is 56.3 Å². The highest BCUT2D eigenvalue weighted by Crippen LogP contribution is 2.50. The zero-order valence-electron chi connectivity index (χ0n) is 10.1. The summed E-state index contributed by atoms with van der Waals surface area (Å²) in [7, 11) is 8.64. The molecule has 5 unspecified atom stereocenters. The number of hydrogen-bond donors (Lipinski definition) is 1. The van der Waals surface area contributed by atoms with E-state index in [-0.39, 0.29) is 5.31 Å². The first-order valence-corrected chi connectivity index (χ1v) is 6.62. The van der Waals surface area contributed by atoms with Gasteiger partial charge in [0.2, 0.25) is 0 Å². The van der Waals surface area contributed by atoms with Gasteiger partial charge in [0.15, 0.2) is 0 Å². The zero-order chi connectivity index (χ0) is 11.2. The van der Waals surface area contributed by atoms with Crippen LogP contribution in [0.3, 0.4) is 0 Å². The van der Waals surface area contributed by atoms with Crippen LogP contribution in [0, 0.1) is 11.8 Å². The molecule has 2 aliphatic rings. The van der Waals surface area contributed by atoms with Gasteiger partial charge in [-0.15, -0.1) is 0 Å². The Kier molecular flexibility index (Phi) is 3.15. The van der Waals surface area contributed by atoms with Gasteiger partial charge < -0.3 is 0 Å². The predicted molar refractivity (Wildman–Crippen MR) is 69.6 cm³/mol. The van der Waals surface area contributed by atoms with Gasteiger partial charge in [-0.2, -0.15) is 12.6 Å². The van der Waals surface area contributed by atoms with Crippen LogP contribution in [0.25, 0.3) is 0 Å². The topological polar surface area (TPSA) is 3.24 Å². The number of likely N-dealkylation sites (tertiary alicyclic amines) is 1. The van der Waals surface area contributed by atoms with Gasteiger partial charge in [0, 0.05) is 6.04 Å². The largest absolute Gasteiger partial charge is 0.291 e. The lowest BCUT2D eigenvalue weighted by atomic mass is 9.59. The van der Waals surface area contributed by atoms with E-state index in [9.17, 15) is 0 Å². The Balaban J connectivity index is 2.15. The fourth-order valence-electron chi connectivity index (χ4n) is 3.32. The van der Waals surface area contributed by atoms with E-state index in [0.29, 0.717) is 11.3 Å². The molecule has 0 amide bonds. The van der Waals surface area contributed by atoms with E-state index < -0.39 is 0 Å². The molecule has 1 aliphatic heterocycles. The standard InChI is InChI=1S/C12H22BNS/c1-8-4-5-10-9(7-12(8,2)13)6-11(15)14(10)3/h8-11,15H,4-7H2,1-3H3. The molecule has 2 radical (unpaired) electrons. The highest BCUT2D eigenvalue weighted by atomic mass is 32.1. The number of rotatable bonds is 0. The van der Waals surface area contributed by atoms with Crippen molar-refractivity contribution in [2.24, 2.45) is 11.8 Å². The fourth-order valence-corrected chi connectivity index (χ4v) is 3.77. The third-order valence-corrected chi connectivity index (χ3v) is 5.35. The minimum absolute atomic E-state index is 0.0259. The van der Waals surface area contributed by atoms with E-state index in [4.69, 9.17) is 7.85 Å². The monoisotopic (exact) mass is 223 g/mol. The maximum Gasteiger partial charge on any atom is 0.0746 e. The molecule has 5 atom stereocenters. The summed E-state index contributed by atoms with van der Waals surface area (Å²) < 4.78 is 0. The van der Waals surface area contributed by atoms with Crippen LogP contribution in [0.15, 0.2) is 0 Å². The molecule has 1 aliphatic carbocycles. The summed E-state index contributed by atoms with van der Waals surface area (Å²) in [5.41, 5.74) is 0. The first kappa shape index (κ1) is 11.8. The molecule has 2 rings (SSSR count). The molecule has 0 N–H and O–H groups in total. The molecule has 0 spiro atoms. The smallest absolute Gasteiger partial charge is 0.0746 e. The van der Waals surface area contributed by atoms with E-state index >= 15 is 0 Å². The first-order chi connectivity index (χ1) is 6.92. The summed E-state index contributed by atoms with van der Waals surface area (Å²) in [5, 5.41) is 0.474. The molecule has 15 heavy (non-hydrogen) atoms. The van der Waals surface area contributed by atoms with E-state index in [1.807, 2.05) is 0 Å². The zero-order valence-corrected chi connectivity index (χ0v) is 11.0. The van der Waals surface area contributed by atoms with Gasteiger partial charge in [0.25, 0.3) is 0 Å². The van der Waals surface area contributed by atoms with Gasteiger partial charge in [0.05, 0.1) is 13.2 Å². The Morgan fingerprint density at radius 2 is 2.07 bits per heavy atom. The van der Waals surface area contributed by atoms with Gasteiger partial charge in [-0.25, -0.2) is 0 Å². The second kappa shape index (κ2) is 3.99. The van der Waals surface area contributed by atoms with E-state index in [1.165, 1.54) is 25.7 Å². The average molecular weight is 223 g/mol. The molecular formula is C12H22BNS. The van der Waals surface area contributed by atoms with Crippen LogP contribution in [0.5, 0.6) is 0 Å². The van der Waals surface area contributed by atoms with Crippen LogP contribution in [-0.2, 0) is 0 Å². The predicted octanol–water partition coefficient (Wildman–Crippen LogP) is 2.73. The Hall–Kier alpha value is 0.375. The van der Waals surface area contributed by atoms with E-state index in [1.54, 1.807) is 0 Å². The second-order valence-electron chi connectivity index (χ2n) is 5.90. The van der Waals surface area contributed by atoms with Crippen LogP contribution >= 0.6 is 12.6 Å². The summed E-state index contributed by atoms with van der Waals surface area (Å²) in [5.74, 6) is 1.41. The highest BCUT2D eigenvalue weighted by Gasteiger charge is 2.43. The van der Waals surface area contributed by atoms with Gasteiger partial charge in [-0.05, 0) is 38.1 Å². The van der Waals surface area contributed by atoms with Gasteiger partial charge in [-0.1, -0.05) is 25.6 Å². The third kappa shape index (κ3) is 2.10. The van der Waals surface area contributed by atoms with Crippen molar-refractivity contribution in [3.63, 3.8) is 0 Å². The molecule has 0 bridgehead atoms. The molecule has 1 heterocycles. The number of nitrogens with zero attached hydrogens (tertiary/aromatic N) is 1. The Labute approximate surface area is 101 Å². The Morgan fingerprint density at radius 1 is 1.40 bits per heavy atom. The molecule has 0 aromatic rings. The normalized spacial score (nSPS) is 52.5. The molecule has 0 aromatic heterocycles. The van der Waals surface area contributed by atoms with Gasteiger partial charge in [-0.3, -0.25) is 4.90 Å². The summed E-state index contributed by atoms with van der Waals surface area (Å²) in [6.07, 6.45) is 4.94. The maximum atomic E-state index is 6.42. The van der Waals surface area contributed by atoms with Crippen molar-refractivity contribution in [3.05, 3.63) is 0 Å². The van der Waals surface area contributed by atoms with Crippen molar-refractivity contribution >= 4 is 20.5 Å². The quantitative estimate of drug-likeness (QED) is 0.488. The van der Waals surface area contributed by atoms with Crippen molar-refractivity contribution < 1.29 is 0 Å².